The Kier molecular flexibility index (Phi) is 6.65. The molecule has 2 rings (SSSR count). The predicted octanol–water partition coefficient (Wildman–Crippen LogP) is 1.38. The van der Waals surface area contributed by atoms with Gasteiger partial charge >= 0.3 is 0 Å². The molecule has 21 heavy (non-hydrogen) atoms. The zero-order valence-electron chi connectivity index (χ0n) is 12.2. The maximum absolute atomic E-state index is 12.4. The summed E-state index contributed by atoms with van der Waals surface area (Å²) in [4.78, 5) is 25.8. The number of hydrogen-bond donors (Lipinski definition) is 2. The van der Waals surface area contributed by atoms with Crippen molar-refractivity contribution in [2.75, 3.05) is 18.0 Å². The summed E-state index contributed by atoms with van der Waals surface area (Å²) in [6.07, 6.45) is 1.83. The number of amides is 2. The van der Waals surface area contributed by atoms with E-state index in [4.69, 9.17) is 5.73 Å². The van der Waals surface area contributed by atoms with Crippen molar-refractivity contribution in [2.24, 2.45) is 5.73 Å². The second-order valence-corrected chi connectivity index (χ2v) is 5.13. The number of carbonyl (C=O) groups excluding carboxylic acids is 2. The summed E-state index contributed by atoms with van der Waals surface area (Å²) < 4.78 is 0. The molecular weight excluding hydrogens is 290 g/mol. The lowest BCUT2D eigenvalue weighted by atomic mass is 10.0. The quantitative estimate of drug-likeness (QED) is 0.882. The van der Waals surface area contributed by atoms with Gasteiger partial charge in [-0.25, -0.2) is 0 Å². The highest BCUT2D eigenvalue weighted by molar-refractivity contribution is 5.99. The largest absolute Gasteiger partial charge is 0.344 e. The molecule has 1 fully saturated rings. The number of benzene rings is 1. The van der Waals surface area contributed by atoms with Gasteiger partial charge < -0.3 is 16.0 Å². The third kappa shape index (κ3) is 4.44. The van der Waals surface area contributed by atoms with Gasteiger partial charge in [0, 0.05) is 25.2 Å². The van der Waals surface area contributed by atoms with Crippen molar-refractivity contribution in [1.29, 1.82) is 0 Å². The zero-order chi connectivity index (χ0) is 14.5. The number of anilines is 1. The van der Waals surface area contributed by atoms with Crippen LogP contribution in [0.1, 0.15) is 24.8 Å². The van der Waals surface area contributed by atoms with Crippen LogP contribution < -0.4 is 16.0 Å². The van der Waals surface area contributed by atoms with Gasteiger partial charge in [-0.3, -0.25) is 9.59 Å². The summed E-state index contributed by atoms with van der Waals surface area (Å²) in [6, 6.07) is 7.43. The number of nitrogens with one attached hydrogen (secondary N) is 1. The topological polar surface area (TPSA) is 75.4 Å². The minimum absolute atomic E-state index is 0. The summed E-state index contributed by atoms with van der Waals surface area (Å²) in [5.74, 6) is -0.193. The number of aryl methyl sites for hydroxylation is 1. The summed E-state index contributed by atoms with van der Waals surface area (Å²) in [5.41, 5.74) is 7.39. The summed E-state index contributed by atoms with van der Waals surface area (Å²) >= 11 is 0. The van der Waals surface area contributed by atoms with Crippen molar-refractivity contribution >= 4 is 29.9 Å². The average molecular weight is 312 g/mol. The Bertz CT molecular complexity index is 490. The SMILES string of the molecule is Cc1ccc(N2CCCC(NC(=O)CCN)C2=O)cc1.Cl. The molecule has 6 heteroatoms. The number of piperidine rings is 1. The standard InChI is InChI=1S/C15H21N3O2.ClH/c1-11-4-6-12(7-5-11)18-10-2-3-13(15(18)20)17-14(19)8-9-16;/h4-7,13H,2-3,8-10,16H2,1H3,(H,17,19);1H. The number of carbonyl (C=O) groups is 2. The molecule has 3 N–H and O–H groups in total. The average Bonchev–Trinajstić information content (AvgIpc) is 2.43. The van der Waals surface area contributed by atoms with Crippen LogP contribution in [0, 0.1) is 6.92 Å². The van der Waals surface area contributed by atoms with E-state index in [9.17, 15) is 9.59 Å². The lowest BCUT2D eigenvalue weighted by Gasteiger charge is -2.32. The van der Waals surface area contributed by atoms with Crippen molar-refractivity contribution in [3.8, 4) is 0 Å². The monoisotopic (exact) mass is 311 g/mol. The first-order valence-electron chi connectivity index (χ1n) is 6.99. The maximum atomic E-state index is 12.4. The molecule has 0 bridgehead atoms. The Morgan fingerprint density at radius 1 is 1.38 bits per heavy atom. The molecule has 1 atom stereocenters. The number of rotatable bonds is 4. The molecule has 1 unspecified atom stereocenters. The number of halogens is 1. The Balaban J connectivity index is 0.00000220. The summed E-state index contributed by atoms with van der Waals surface area (Å²) in [6.45, 7) is 3.01. The fraction of sp³-hybridized carbons (Fsp3) is 0.467. The Morgan fingerprint density at radius 2 is 2.05 bits per heavy atom. The molecule has 1 aliphatic rings. The number of hydrogen-bond acceptors (Lipinski definition) is 3. The molecule has 1 aromatic rings. The lowest BCUT2D eigenvalue weighted by molar-refractivity contribution is -0.128. The van der Waals surface area contributed by atoms with Gasteiger partial charge in [0.1, 0.15) is 6.04 Å². The molecule has 116 valence electrons. The van der Waals surface area contributed by atoms with Crippen molar-refractivity contribution in [3.05, 3.63) is 29.8 Å². The third-order valence-corrected chi connectivity index (χ3v) is 3.49. The van der Waals surface area contributed by atoms with E-state index < -0.39 is 6.04 Å². The first-order chi connectivity index (χ1) is 9.61. The highest BCUT2D eigenvalue weighted by Gasteiger charge is 2.30. The Hall–Kier alpha value is -1.59. The van der Waals surface area contributed by atoms with Crippen LogP contribution >= 0.6 is 12.4 Å². The van der Waals surface area contributed by atoms with E-state index in [1.54, 1.807) is 4.90 Å². The van der Waals surface area contributed by atoms with E-state index in [0.717, 1.165) is 17.7 Å². The van der Waals surface area contributed by atoms with Gasteiger partial charge in [-0.05, 0) is 31.9 Å². The predicted molar refractivity (Wildman–Crippen MR) is 85.6 cm³/mol. The van der Waals surface area contributed by atoms with Crippen LogP contribution in [-0.4, -0.2) is 30.9 Å². The van der Waals surface area contributed by atoms with Crippen molar-refractivity contribution < 1.29 is 9.59 Å². The van der Waals surface area contributed by atoms with E-state index in [0.29, 0.717) is 19.5 Å². The lowest BCUT2D eigenvalue weighted by Crippen LogP contribution is -2.52. The molecule has 0 aliphatic carbocycles. The van der Waals surface area contributed by atoms with Crippen LogP contribution in [0.4, 0.5) is 5.69 Å². The normalized spacial score (nSPS) is 18.1. The molecule has 2 amide bonds. The Morgan fingerprint density at radius 3 is 2.67 bits per heavy atom. The van der Waals surface area contributed by atoms with Gasteiger partial charge in [-0.2, -0.15) is 0 Å². The van der Waals surface area contributed by atoms with Gasteiger partial charge in [0.25, 0.3) is 0 Å². The molecule has 1 aliphatic heterocycles. The van der Waals surface area contributed by atoms with E-state index in [2.05, 4.69) is 5.32 Å². The molecule has 5 nitrogen and oxygen atoms in total. The Labute approximate surface area is 131 Å². The molecule has 1 aromatic carbocycles. The van der Waals surface area contributed by atoms with Crippen LogP contribution in [0.25, 0.3) is 0 Å². The molecule has 0 aromatic heterocycles. The van der Waals surface area contributed by atoms with E-state index in [1.807, 2.05) is 31.2 Å². The fourth-order valence-electron chi connectivity index (χ4n) is 2.39. The van der Waals surface area contributed by atoms with Crippen LogP contribution in [-0.2, 0) is 9.59 Å². The minimum atomic E-state index is -0.427. The van der Waals surface area contributed by atoms with E-state index in [-0.39, 0.29) is 30.6 Å². The second kappa shape index (κ2) is 8.00. The van der Waals surface area contributed by atoms with Crippen molar-refractivity contribution in [3.63, 3.8) is 0 Å². The molecule has 0 radical (unpaired) electrons. The first-order valence-corrected chi connectivity index (χ1v) is 6.99. The third-order valence-electron chi connectivity index (χ3n) is 3.49. The van der Waals surface area contributed by atoms with E-state index in [1.165, 1.54) is 0 Å². The second-order valence-electron chi connectivity index (χ2n) is 5.13. The summed E-state index contributed by atoms with van der Waals surface area (Å²) in [5, 5.41) is 2.77. The highest BCUT2D eigenvalue weighted by Crippen LogP contribution is 2.21. The van der Waals surface area contributed by atoms with Gasteiger partial charge in [0.2, 0.25) is 11.8 Å². The van der Waals surface area contributed by atoms with Gasteiger partial charge in [-0.15, -0.1) is 12.4 Å². The maximum Gasteiger partial charge on any atom is 0.249 e. The minimum Gasteiger partial charge on any atom is -0.344 e. The zero-order valence-corrected chi connectivity index (χ0v) is 13.0. The molecule has 1 saturated heterocycles. The van der Waals surface area contributed by atoms with Crippen molar-refractivity contribution in [2.45, 2.75) is 32.2 Å². The van der Waals surface area contributed by atoms with Gasteiger partial charge in [0.05, 0.1) is 0 Å². The van der Waals surface area contributed by atoms with Gasteiger partial charge in [0.15, 0.2) is 0 Å². The molecule has 0 spiro atoms. The van der Waals surface area contributed by atoms with Crippen molar-refractivity contribution in [1.82, 2.24) is 5.32 Å². The number of nitrogens with two attached hydrogens (primary N) is 1. The van der Waals surface area contributed by atoms with Crippen LogP contribution in [0.3, 0.4) is 0 Å². The molecule has 1 heterocycles. The first kappa shape index (κ1) is 17.5. The number of nitrogens with zero attached hydrogens (tertiary/aromatic N) is 1. The van der Waals surface area contributed by atoms with E-state index >= 15 is 0 Å². The van der Waals surface area contributed by atoms with Crippen LogP contribution in [0.5, 0.6) is 0 Å². The summed E-state index contributed by atoms with van der Waals surface area (Å²) in [7, 11) is 0. The fourth-order valence-corrected chi connectivity index (χ4v) is 2.39. The smallest absolute Gasteiger partial charge is 0.249 e. The van der Waals surface area contributed by atoms with Crippen LogP contribution in [0.15, 0.2) is 24.3 Å². The molecular formula is C15H22ClN3O2. The highest BCUT2D eigenvalue weighted by atomic mass is 35.5. The molecule has 0 saturated carbocycles. The van der Waals surface area contributed by atoms with Gasteiger partial charge in [-0.1, -0.05) is 17.7 Å². The van der Waals surface area contributed by atoms with Crippen LogP contribution in [0.2, 0.25) is 0 Å².